The average molecular weight is 833 g/mol. The van der Waals surface area contributed by atoms with Crippen LogP contribution in [0.5, 0.6) is 0 Å². The Balaban J connectivity index is 0. The summed E-state index contributed by atoms with van der Waals surface area (Å²) in [7, 11) is 3.74. The molecule has 14 nitrogen and oxygen atoms in total. The maximum Gasteiger partial charge on any atom is 0.311 e. The summed E-state index contributed by atoms with van der Waals surface area (Å²) in [6.45, 7) is 24.4. The molecule has 1 heterocycles. The quantitative estimate of drug-likeness (QED) is 0.0247. The number of carbonyl (C=O) groups excluding carboxylic acids is 4. The van der Waals surface area contributed by atoms with Gasteiger partial charge in [0.05, 0.1) is 41.5 Å². The van der Waals surface area contributed by atoms with Gasteiger partial charge in [-0.1, -0.05) is 66.2 Å². The topological polar surface area (TPSA) is 200 Å². The number of esters is 4. The summed E-state index contributed by atoms with van der Waals surface area (Å²) in [6.07, 6.45) is 9.71. The highest BCUT2D eigenvalue weighted by Gasteiger charge is 2.44. The summed E-state index contributed by atoms with van der Waals surface area (Å²) >= 11 is 0. The molecule has 6 N–H and O–H groups in total. The van der Waals surface area contributed by atoms with Crippen LogP contribution < -0.4 is 21.7 Å². The van der Waals surface area contributed by atoms with Crippen LogP contribution in [0.15, 0.2) is 0 Å². The second kappa shape index (κ2) is 32.4. The molecule has 0 radical (unpaired) electrons. The van der Waals surface area contributed by atoms with E-state index >= 15 is 0 Å². The first-order valence-corrected chi connectivity index (χ1v) is 22.0. The van der Waals surface area contributed by atoms with Crippen molar-refractivity contribution in [2.75, 3.05) is 79.9 Å². The molecule has 0 aromatic heterocycles. The second-order valence-corrected chi connectivity index (χ2v) is 17.3. The number of rotatable bonds is 31. The molecule has 0 aromatic rings. The van der Waals surface area contributed by atoms with Crippen LogP contribution in [0, 0.1) is 21.7 Å². The molecule has 0 saturated carbocycles. The van der Waals surface area contributed by atoms with E-state index in [1.54, 1.807) is 13.8 Å². The van der Waals surface area contributed by atoms with E-state index in [9.17, 15) is 24.3 Å². The molecule has 1 saturated heterocycles. The van der Waals surface area contributed by atoms with Crippen molar-refractivity contribution in [3.05, 3.63) is 0 Å². The number of nitrogens with two attached hydrogens (primary N) is 1. The molecule has 0 amide bonds. The standard InChI is InChI=1S/C22H44N2O5.C19H34O5.C3H10N2/c1-7-9-10-11-14-28-20(27)22(5,8-2)17-21(3,4)19(26)29-16-18(25)15-24-13-12-23-6;1-6-8-9-10-11-22-17(21)19(5,7-2)14-18(3,4)16(20)24-13-15-12-23-15;1-5-3-2-4/h18,23-25H,7-17H2,1-6H3;15H,6-14H2,1-5H3;5H,2-4H2,1H3. The third-order valence-corrected chi connectivity index (χ3v) is 10.3. The van der Waals surface area contributed by atoms with E-state index < -0.39 is 33.7 Å². The summed E-state index contributed by atoms with van der Waals surface area (Å²) in [6, 6.07) is 0. The van der Waals surface area contributed by atoms with Crippen molar-refractivity contribution < 1.29 is 48.0 Å². The molecule has 0 aliphatic carbocycles. The number of ether oxygens (including phenoxy) is 5. The zero-order valence-corrected chi connectivity index (χ0v) is 38.9. The summed E-state index contributed by atoms with van der Waals surface area (Å²) in [5.74, 6) is -1.17. The first-order valence-electron chi connectivity index (χ1n) is 22.0. The number of aliphatic hydroxyl groups is 1. The predicted octanol–water partition coefficient (Wildman–Crippen LogP) is 5.70. The molecule has 58 heavy (non-hydrogen) atoms. The maximum absolute atomic E-state index is 12.6. The monoisotopic (exact) mass is 833 g/mol. The summed E-state index contributed by atoms with van der Waals surface area (Å²) in [5, 5.41) is 18.9. The maximum atomic E-state index is 12.6. The van der Waals surface area contributed by atoms with Crippen molar-refractivity contribution >= 4 is 23.9 Å². The molecular formula is C44H88N4O10. The Morgan fingerprint density at radius 2 is 1.12 bits per heavy atom. The van der Waals surface area contributed by atoms with Crippen molar-refractivity contribution in [2.45, 2.75) is 158 Å². The van der Waals surface area contributed by atoms with E-state index in [1.807, 2.05) is 55.6 Å². The normalized spacial score (nSPS) is 16.2. The largest absolute Gasteiger partial charge is 0.465 e. The minimum absolute atomic E-state index is 0.0513. The second-order valence-electron chi connectivity index (χ2n) is 17.3. The van der Waals surface area contributed by atoms with Crippen LogP contribution in [-0.2, 0) is 42.9 Å². The zero-order chi connectivity index (χ0) is 44.7. The van der Waals surface area contributed by atoms with Gasteiger partial charge in [0.25, 0.3) is 0 Å². The molecule has 344 valence electrons. The molecule has 0 aromatic carbocycles. The van der Waals surface area contributed by atoms with Crippen molar-refractivity contribution in [1.82, 2.24) is 16.0 Å². The molecule has 4 unspecified atom stereocenters. The van der Waals surface area contributed by atoms with Crippen LogP contribution in [0.25, 0.3) is 0 Å². The first-order chi connectivity index (χ1) is 27.3. The fraction of sp³-hybridized carbons (Fsp3) is 0.909. The third-order valence-electron chi connectivity index (χ3n) is 10.3. The molecule has 1 rings (SSSR count). The lowest BCUT2D eigenvalue weighted by atomic mass is 9.72. The highest BCUT2D eigenvalue weighted by atomic mass is 16.6. The van der Waals surface area contributed by atoms with Crippen LogP contribution in [0.4, 0.5) is 0 Å². The van der Waals surface area contributed by atoms with Gasteiger partial charge in [-0.05, 0) is 94.2 Å². The van der Waals surface area contributed by atoms with E-state index in [4.69, 9.17) is 29.4 Å². The number of nitrogens with one attached hydrogen (secondary N) is 3. The Labute approximate surface area is 352 Å². The first kappa shape index (κ1) is 57.7. The fourth-order valence-electron chi connectivity index (χ4n) is 6.09. The lowest BCUT2D eigenvalue weighted by Gasteiger charge is -2.33. The lowest BCUT2D eigenvalue weighted by molar-refractivity contribution is -0.165. The number of epoxide rings is 1. The zero-order valence-electron chi connectivity index (χ0n) is 38.9. The number of aliphatic hydroxyl groups excluding tert-OH is 1. The molecule has 0 bridgehead atoms. The molecule has 14 heteroatoms. The summed E-state index contributed by atoms with van der Waals surface area (Å²) < 4.78 is 26.6. The van der Waals surface area contributed by atoms with Gasteiger partial charge in [-0.25, -0.2) is 0 Å². The average Bonchev–Trinajstić information content (AvgIpc) is 4.02. The van der Waals surface area contributed by atoms with Crippen molar-refractivity contribution in [3.63, 3.8) is 0 Å². The Morgan fingerprint density at radius 3 is 1.48 bits per heavy atom. The van der Waals surface area contributed by atoms with E-state index in [0.717, 1.165) is 77.5 Å². The third kappa shape index (κ3) is 26.7. The predicted molar refractivity (Wildman–Crippen MR) is 231 cm³/mol. The van der Waals surface area contributed by atoms with Crippen molar-refractivity contribution in [1.29, 1.82) is 0 Å². The smallest absolute Gasteiger partial charge is 0.311 e. The number of hydrogen-bond donors (Lipinski definition) is 5. The van der Waals surface area contributed by atoms with Gasteiger partial charge in [0.2, 0.25) is 0 Å². The van der Waals surface area contributed by atoms with E-state index in [2.05, 4.69) is 29.8 Å². The van der Waals surface area contributed by atoms with Crippen LogP contribution in [0.2, 0.25) is 0 Å². The van der Waals surface area contributed by atoms with Crippen LogP contribution >= 0.6 is 0 Å². The molecular weight excluding hydrogens is 745 g/mol. The van der Waals surface area contributed by atoms with Crippen LogP contribution in [0.3, 0.4) is 0 Å². The Kier molecular flexibility index (Phi) is 32.3. The number of unbranched alkanes of at least 4 members (excludes halogenated alkanes) is 6. The van der Waals surface area contributed by atoms with E-state index in [0.29, 0.717) is 58.7 Å². The number of likely N-dealkylation sites (N-methyl/N-ethyl adjacent to an activating group) is 2. The Morgan fingerprint density at radius 1 is 0.672 bits per heavy atom. The van der Waals surface area contributed by atoms with Crippen molar-refractivity contribution in [2.24, 2.45) is 27.4 Å². The molecule has 1 aliphatic heterocycles. The molecule has 1 fully saturated rings. The highest BCUT2D eigenvalue weighted by Crippen LogP contribution is 2.40. The van der Waals surface area contributed by atoms with Crippen LogP contribution in [0.1, 0.15) is 146 Å². The minimum atomic E-state index is -0.856. The van der Waals surface area contributed by atoms with Gasteiger partial charge in [-0.3, -0.25) is 19.2 Å². The van der Waals surface area contributed by atoms with Gasteiger partial charge in [0, 0.05) is 32.7 Å². The van der Waals surface area contributed by atoms with Gasteiger partial charge >= 0.3 is 23.9 Å². The van der Waals surface area contributed by atoms with Crippen molar-refractivity contribution in [3.8, 4) is 0 Å². The van der Waals surface area contributed by atoms with Gasteiger partial charge in [0.1, 0.15) is 25.4 Å². The lowest BCUT2D eigenvalue weighted by Crippen LogP contribution is -2.40. The van der Waals surface area contributed by atoms with Gasteiger partial charge in [-0.15, -0.1) is 0 Å². The Bertz CT molecular complexity index is 1100. The van der Waals surface area contributed by atoms with Gasteiger partial charge in [0.15, 0.2) is 0 Å². The fourth-order valence-corrected chi connectivity index (χ4v) is 6.09. The number of carbonyl (C=O) groups is 4. The summed E-state index contributed by atoms with van der Waals surface area (Å²) in [4.78, 5) is 50.0. The van der Waals surface area contributed by atoms with E-state index in [-0.39, 0.29) is 30.6 Å². The van der Waals surface area contributed by atoms with Gasteiger partial charge < -0.3 is 50.5 Å². The summed E-state index contributed by atoms with van der Waals surface area (Å²) in [5.41, 5.74) is 2.06. The molecule has 0 spiro atoms. The molecule has 4 atom stereocenters. The highest BCUT2D eigenvalue weighted by molar-refractivity contribution is 5.81. The van der Waals surface area contributed by atoms with Gasteiger partial charge in [-0.2, -0.15) is 0 Å². The number of hydrogen-bond acceptors (Lipinski definition) is 14. The Hall–Kier alpha value is -2.36. The SMILES string of the molecule is CCCCCCOC(=O)C(C)(CC)CC(C)(C)C(=O)OCC(O)CNCCNC.CCCCCCOC(=O)C(C)(CC)CC(C)(C)C(=O)OCC1CO1.CNCCN. The van der Waals surface area contributed by atoms with Crippen LogP contribution in [-0.4, -0.2) is 121 Å². The molecule has 1 aliphatic rings. The van der Waals surface area contributed by atoms with E-state index in [1.165, 1.54) is 0 Å². The minimum Gasteiger partial charge on any atom is -0.465 e.